The van der Waals surface area contributed by atoms with E-state index in [9.17, 15) is 0 Å². The number of para-hydroxylation sites is 1. The molecule has 2 nitrogen and oxygen atoms in total. The molecular formula is C56H32O2. The molecule has 0 N–H and O–H groups in total. The lowest BCUT2D eigenvalue weighted by Crippen LogP contribution is -1.91. The third-order valence-corrected chi connectivity index (χ3v) is 12.4. The van der Waals surface area contributed by atoms with Gasteiger partial charge in [0, 0.05) is 21.5 Å². The van der Waals surface area contributed by atoms with Gasteiger partial charge in [-0.25, -0.2) is 0 Å². The molecule has 0 aliphatic rings. The van der Waals surface area contributed by atoms with Crippen LogP contribution in [0.1, 0.15) is 0 Å². The summed E-state index contributed by atoms with van der Waals surface area (Å²) in [4.78, 5) is 0. The maximum Gasteiger partial charge on any atom is 0.178 e. The third-order valence-electron chi connectivity index (χ3n) is 12.4. The van der Waals surface area contributed by atoms with Crippen LogP contribution in [0.5, 0.6) is 0 Å². The lowest BCUT2D eigenvalue weighted by Gasteiger charge is -2.18. The zero-order valence-electron chi connectivity index (χ0n) is 31.3. The van der Waals surface area contributed by atoms with Gasteiger partial charge in [0.15, 0.2) is 11.2 Å². The van der Waals surface area contributed by atoms with Crippen molar-refractivity contribution in [2.45, 2.75) is 0 Å². The monoisotopic (exact) mass is 736 g/mol. The molecule has 268 valence electrons. The standard InChI is InChI=1S/C56H32O2/c1-2-10-34-28-40(23-17-33(34)9-1)53-44-12-3-5-14-46(44)54(47-15-6-4-13-45(47)53)41-24-22-36-27-35(18-19-37(36)29-41)38-20-21-39-32-52-50(31-42(39)30-38)49-26-25-48-43-11-7-8-16-51(43)57-55(48)56(49)58-52/h1-32H. The molecule has 0 saturated heterocycles. The van der Waals surface area contributed by atoms with Gasteiger partial charge in [0.25, 0.3) is 0 Å². The van der Waals surface area contributed by atoms with E-state index in [2.05, 4.69) is 176 Å². The summed E-state index contributed by atoms with van der Waals surface area (Å²) in [6.45, 7) is 0. The zero-order valence-corrected chi connectivity index (χ0v) is 31.3. The van der Waals surface area contributed by atoms with Crippen molar-refractivity contribution < 1.29 is 8.83 Å². The van der Waals surface area contributed by atoms with Crippen LogP contribution in [0.3, 0.4) is 0 Å². The SMILES string of the molecule is c1ccc2cc(-c3c4ccccc4c(-c4ccc5cc(-c6ccc7cc8oc9c(ccc%10c%11ccccc%11oc%109)c8cc7c6)ccc5c4)c4ccccc34)ccc2c1. The van der Waals surface area contributed by atoms with E-state index < -0.39 is 0 Å². The summed E-state index contributed by atoms with van der Waals surface area (Å²) in [5.41, 5.74) is 10.7. The minimum atomic E-state index is 0.801. The molecule has 0 unspecified atom stereocenters. The van der Waals surface area contributed by atoms with Crippen molar-refractivity contribution in [3.63, 3.8) is 0 Å². The largest absolute Gasteiger partial charge is 0.452 e. The summed E-state index contributed by atoms with van der Waals surface area (Å²) in [6.07, 6.45) is 0. The molecule has 11 aromatic carbocycles. The van der Waals surface area contributed by atoms with Gasteiger partial charge in [0.2, 0.25) is 0 Å². The highest BCUT2D eigenvalue weighted by molar-refractivity contribution is 6.23. The van der Waals surface area contributed by atoms with E-state index in [1.54, 1.807) is 0 Å². The van der Waals surface area contributed by atoms with Crippen molar-refractivity contribution in [2.75, 3.05) is 0 Å². The Balaban J connectivity index is 0.917. The second-order valence-electron chi connectivity index (χ2n) is 15.6. The molecule has 2 aromatic heterocycles. The molecule has 2 heterocycles. The Kier molecular flexibility index (Phi) is 6.47. The van der Waals surface area contributed by atoms with E-state index in [0.717, 1.165) is 49.3 Å². The summed E-state index contributed by atoms with van der Waals surface area (Å²) < 4.78 is 12.8. The highest BCUT2D eigenvalue weighted by Crippen LogP contribution is 2.45. The smallest absolute Gasteiger partial charge is 0.178 e. The summed E-state index contributed by atoms with van der Waals surface area (Å²) in [5.74, 6) is 0. The summed E-state index contributed by atoms with van der Waals surface area (Å²) in [6, 6.07) is 70.8. The number of fused-ring (bicyclic) bond motifs is 12. The lowest BCUT2D eigenvalue weighted by molar-refractivity contribution is 0.633. The van der Waals surface area contributed by atoms with Crippen LogP contribution >= 0.6 is 0 Å². The molecule has 0 bridgehead atoms. The van der Waals surface area contributed by atoms with Crippen LogP contribution in [0.4, 0.5) is 0 Å². The fourth-order valence-corrected chi connectivity index (χ4v) is 9.61. The highest BCUT2D eigenvalue weighted by atomic mass is 16.4. The molecule has 0 fully saturated rings. The third kappa shape index (κ3) is 4.60. The fourth-order valence-electron chi connectivity index (χ4n) is 9.61. The minimum Gasteiger partial charge on any atom is -0.452 e. The number of rotatable bonds is 3. The average molecular weight is 737 g/mol. The second kappa shape index (κ2) is 11.9. The fraction of sp³-hybridized carbons (Fsp3) is 0. The van der Waals surface area contributed by atoms with Crippen molar-refractivity contribution >= 4 is 97.7 Å². The van der Waals surface area contributed by atoms with Gasteiger partial charge in [-0.3, -0.25) is 0 Å². The van der Waals surface area contributed by atoms with Gasteiger partial charge in [0.1, 0.15) is 11.2 Å². The van der Waals surface area contributed by atoms with E-state index in [1.807, 2.05) is 18.2 Å². The van der Waals surface area contributed by atoms with Crippen LogP contribution in [0.2, 0.25) is 0 Å². The predicted octanol–water partition coefficient (Wildman–Crippen LogP) is 16.3. The Hall–Kier alpha value is -7.68. The Morgan fingerprint density at radius 2 is 0.638 bits per heavy atom. The molecule has 0 aliphatic carbocycles. The summed E-state index contributed by atoms with van der Waals surface area (Å²) in [7, 11) is 0. The predicted molar refractivity (Wildman–Crippen MR) is 245 cm³/mol. The molecule has 2 heteroatoms. The van der Waals surface area contributed by atoms with Gasteiger partial charge in [-0.05, 0) is 142 Å². The normalized spacial score (nSPS) is 12.1. The van der Waals surface area contributed by atoms with Crippen molar-refractivity contribution in [1.82, 2.24) is 0 Å². The van der Waals surface area contributed by atoms with Crippen molar-refractivity contribution in [2.24, 2.45) is 0 Å². The first-order chi connectivity index (χ1) is 28.7. The quantitative estimate of drug-likeness (QED) is 0.169. The highest BCUT2D eigenvalue weighted by Gasteiger charge is 2.19. The Morgan fingerprint density at radius 1 is 0.224 bits per heavy atom. The van der Waals surface area contributed by atoms with Crippen LogP contribution in [0.25, 0.3) is 131 Å². The van der Waals surface area contributed by atoms with Crippen LogP contribution in [-0.2, 0) is 0 Å². The summed E-state index contributed by atoms with van der Waals surface area (Å²) in [5, 5.41) is 16.7. The molecule has 13 rings (SSSR count). The van der Waals surface area contributed by atoms with Crippen LogP contribution < -0.4 is 0 Å². The van der Waals surface area contributed by atoms with Crippen molar-refractivity contribution in [1.29, 1.82) is 0 Å². The zero-order chi connectivity index (χ0) is 37.9. The molecule has 0 aliphatic heterocycles. The van der Waals surface area contributed by atoms with Crippen LogP contribution in [-0.4, -0.2) is 0 Å². The van der Waals surface area contributed by atoms with Crippen molar-refractivity contribution in [3.05, 3.63) is 194 Å². The van der Waals surface area contributed by atoms with Gasteiger partial charge < -0.3 is 8.83 Å². The van der Waals surface area contributed by atoms with Gasteiger partial charge in [-0.1, -0.05) is 140 Å². The molecule has 0 radical (unpaired) electrons. The molecule has 58 heavy (non-hydrogen) atoms. The number of benzene rings is 11. The molecule has 0 spiro atoms. The van der Waals surface area contributed by atoms with Gasteiger partial charge in [-0.15, -0.1) is 0 Å². The van der Waals surface area contributed by atoms with Crippen molar-refractivity contribution in [3.8, 4) is 33.4 Å². The maximum atomic E-state index is 6.50. The van der Waals surface area contributed by atoms with Crippen LogP contribution in [0.15, 0.2) is 203 Å². The first-order valence-electron chi connectivity index (χ1n) is 19.9. The number of furan rings is 2. The topological polar surface area (TPSA) is 26.3 Å². The van der Waals surface area contributed by atoms with E-state index in [4.69, 9.17) is 8.83 Å². The van der Waals surface area contributed by atoms with Gasteiger partial charge in [0.05, 0.1) is 0 Å². The minimum absolute atomic E-state index is 0.801. The molecule has 13 aromatic rings. The average Bonchev–Trinajstić information content (AvgIpc) is 3.85. The first-order valence-corrected chi connectivity index (χ1v) is 19.9. The lowest BCUT2D eigenvalue weighted by atomic mass is 9.85. The van der Waals surface area contributed by atoms with Gasteiger partial charge in [-0.2, -0.15) is 0 Å². The van der Waals surface area contributed by atoms with E-state index in [1.165, 1.54) is 81.9 Å². The Labute approximate surface area is 332 Å². The Bertz CT molecular complexity index is 3800. The number of hydrogen-bond donors (Lipinski definition) is 0. The van der Waals surface area contributed by atoms with E-state index in [0.29, 0.717) is 0 Å². The Morgan fingerprint density at radius 3 is 1.26 bits per heavy atom. The van der Waals surface area contributed by atoms with Gasteiger partial charge >= 0.3 is 0 Å². The molecule has 0 saturated carbocycles. The van der Waals surface area contributed by atoms with Crippen LogP contribution in [0, 0.1) is 0 Å². The molecule has 0 amide bonds. The molecule has 0 atom stereocenters. The first kappa shape index (κ1) is 31.5. The number of hydrogen-bond acceptors (Lipinski definition) is 2. The van der Waals surface area contributed by atoms with E-state index >= 15 is 0 Å². The molecular weight excluding hydrogens is 705 g/mol. The second-order valence-corrected chi connectivity index (χ2v) is 15.6. The summed E-state index contributed by atoms with van der Waals surface area (Å²) >= 11 is 0. The maximum absolute atomic E-state index is 6.50. The van der Waals surface area contributed by atoms with E-state index in [-0.39, 0.29) is 0 Å².